The van der Waals surface area contributed by atoms with E-state index in [9.17, 15) is 0 Å². The molecule has 3 atom stereocenters. The van der Waals surface area contributed by atoms with Gasteiger partial charge in [-0.25, -0.2) is 0 Å². The predicted octanol–water partition coefficient (Wildman–Crippen LogP) is 0.288. The van der Waals surface area contributed by atoms with Gasteiger partial charge in [0.2, 0.25) is 0 Å². The smallest absolute Gasteiger partial charge is 0.109 e. The molecule has 1 N–H and O–H groups in total. The van der Waals surface area contributed by atoms with Crippen molar-refractivity contribution >= 4 is 7.85 Å². The number of ether oxygens (including phenoxy) is 1. The molecule has 1 rings (SSSR count). The SMILES string of the molecule is [B]C1O[C@@](C)(CO)CC1C. The highest BCUT2D eigenvalue weighted by molar-refractivity contribution is 6.11. The molecular weight excluding hydrogens is 127 g/mol. The molecule has 1 heterocycles. The Balaban J connectivity index is 2.55. The van der Waals surface area contributed by atoms with E-state index in [0.29, 0.717) is 5.92 Å². The van der Waals surface area contributed by atoms with Crippen LogP contribution in [0.2, 0.25) is 0 Å². The van der Waals surface area contributed by atoms with Gasteiger partial charge in [0.1, 0.15) is 7.85 Å². The molecule has 0 amide bonds. The third-order valence-electron chi connectivity index (χ3n) is 2.07. The standard InChI is InChI=1S/C7H13BO2/c1-5-3-7(2,4-9)10-6(5)8/h5-6,9H,3-4H2,1-2H3/t5?,6?,7-/m1/s1. The zero-order chi connectivity index (χ0) is 7.78. The lowest BCUT2D eigenvalue weighted by Crippen LogP contribution is -2.29. The first-order valence-corrected chi connectivity index (χ1v) is 3.62. The van der Waals surface area contributed by atoms with Crippen LogP contribution in [0, 0.1) is 5.92 Å². The molecule has 1 saturated heterocycles. The molecule has 3 heteroatoms. The van der Waals surface area contributed by atoms with Gasteiger partial charge in [0.15, 0.2) is 0 Å². The van der Waals surface area contributed by atoms with E-state index in [4.69, 9.17) is 17.7 Å². The van der Waals surface area contributed by atoms with Crippen LogP contribution < -0.4 is 0 Å². The molecule has 56 valence electrons. The van der Waals surface area contributed by atoms with Crippen LogP contribution in [0.3, 0.4) is 0 Å². The molecule has 1 fully saturated rings. The second kappa shape index (κ2) is 2.55. The second-order valence-corrected chi connectivity index (χ2v) is 3.37. The van der Waals surface area contributed by atoms with E-state index >= 15 is 0 Å². The highest BCUT2D eigenvalue weighted by Gasteiger charge is 2.37. The van der Waals surface area contributed by atoms with Gasteiger partial charge in [-0.1, -0.05) is 6.92 Å². The van der Waals surface area contributed by atoms with Crippen LogP contribution in [0.4, 0.5) is 0 Å². The Hall–Kier alpha value is -0.0151. The van der Waals surface area contributed by atoms with Crippen LogP contribution in [-0.4, -0.2) is 31.2 Å². The minimum Gasteiger partial charge on any atom is -0.393 e. The monoisotopic (exact) mass is 140 g/mol. The number of hydrogen-bond donors (Lipinski definition) is 1. The molecule has 10 heavy (non-hydrogen) atoms. The van der Waals surface area contributed by atoms with Crippen LogP contribution >= 0.6 is 0 Å². The topological polar surface area (TPSA) is 29.5 Å². The van der Waals surface area contributed by atoms with Gasteiger partial charge in [-0.2, -0.15) is 0 Å². The summed E-state index contributed by atoms with van der Waals surface area (Å²) in [4.78, 5) is 0. The Kier molecular flexibility index (Phi) is 2.06. The van der Waals surface area contributed by atoms with Gasteiger partial charge in [0.05, 0.1) is 12.2 Å². The molecule has 1 aliphatic heterocycles. The molecule has 1 aliphatic rings. The Morgan fingerprint density at radius 1 is 1.80 bits per heavy atom. The molecule has 2 radical (unpaired) electrons. The lowest BCUT2D eigenvalue weighted by Gasteiger charge is -2.20. The highest BCUT2D eigenvalue weighted by Crippen LogP contribution is 2.32. The lowest BCUT2D eigenvalue weighted by atomic mass is 9.86. The van der Waals surface area contributed by atoms with Crippen molar-refractivity contribution < 1.29 is 9.84 Å². The quantitative estimate of drug-likeness (QED) is 0.530. The van der Waals surface area contributed by atoms with Gasteiger partial charge in [0.25, 0.3) is 0 Å². The Labute approximate surface area is 63.0 Å². The van der Waals surface area contributed by atoms with Gasteiger partial charge in [-0.05, 0) is 19.3 Å². The number of aliphatic hydroxyl groups is 1. The fourth-order valence-electron chi connectivity index (χ4n) is 1.39. The van der Waals surface area contributed by atoms with Crippen LogP contribution in [0.15, 0.2) is 0 Å². The van der Waals surface area contributed by atoms with Gasteiger partial charge in [0, 0.05) is 6.00 Å². The maximum absolute atomic E-state index is 8.88. The van der Waals surface area contributed by atoms with Crippen molar-refractivity contribution in [1.29, 1.82) is 0 Å². The summed E-state index contributed by atoms with van der Waals surface area (Å²) in [6, 6.07) is -0.197. The maximum Gasteiger partial charge on any atom is 0.109 e. The van der Waals surface area contributed by atoms with E-state index < -0.39 is 5.60 Å². The van der Waals surface area contributed by atoms with Crippen molar-refractivity contribution in [3.05, 3.63) is 0 Å². The summed E-state index contributed by atoms with van der Waals surface area (Å²) in [6.45, 7) is 3.98. The molecular formula is C7H13BO2. The average molecular weight is 140 g/mol. The van der Waals surface area contributed by atoms with Crippen molar-refractivity contribution in [3.8, 4) is 0 Å². The van der Waals surface area contributed by atoms with Crippen molar-refractivity contribution in [2.75, 3.05) is 6.61 Å². The summed E-state index contributed by atoms with van der Waals surface area (Å²) >= 11 is 0. The Morgan fingerprint density at radius 3 is 2.60 bits per heavy atom. The molecule has 0 saturated carbocycles. The van der Waals surface area contributed by atoms with Crippen molar-refractivity contribution in [1.82, 2.24) is 0 Å². The molecule has 0 aromatic carbocycles. The number of hydrogen-bond acceptors (Lipinski definition) is 2. The minimum absolute atomic E-state index is 0.0606. The van der Waals surface area contributed by atoms with Crippen molar-refractivity contribution in [2.24, 2.45) is 5.92 Å². The van der Waals surface area contributed by atoms with E-state index in [0.717, 1.165) is 6.42 Å². The van der Waals surface area contributed by atoms with Crippen molar-refractivity contribution in [2.45, 2.75) is 31.9 Å². The minimum atomic E-state index is -0.390. The zero-order valence-electron chi connectivity index (χ0n) is 6.50. The highest BCUT2D eigenvalue weighted by atomic mass is 16.5. The van der Waals surface area contributed by atoms with E-state index in [1.165, 1.54) is 0 Å². The van der Waals surface area contributed by atoms with E-state index in [-0.39, 0.29) is 12.6 Å². The fraction of sp³-hybridized carbons (Fsp3) is 1.00. The first-order valence-electron chi connectivity index (χ1n) is 3.62. The lowest BCUT2D eigenvalue weighted by molar-refractivity contribution is -0.0375. The fourth-order valence-corrected chi connectivity index (χ4v) is 1.39. The molecule has 0 aromatic heterocycles. The number of aliphatic hydroxyl groups excluding tert-OH is 1. The van der Waals surface area contributed by atoms with E-state index in [2.05, 4.69) is 0 Å². The van der Waals surface area contributed by atoms with Gasteiger partial charge in [-0.15, -0.1) is 0 Å². The van der Waals surface area contributed by atoms with Crippen LogP contribution in [0.25, 0.3) is 0 Å². The van der Waals surface area contributed by atoms with Gasteiger partial charge >= 0.3 is 0 Å². The average Bonchev–Trinajstić information content (AvgIpc) is 2.10. The van der Waals surface area contributed by atoms with Crippen molar-refractivity contribution in [3.63, 3.8) is 0 Å². The number of rotatable bonds is 1. The molecule has 0 spiro atoms. The molecule has 2 unspecified atom stereocenters. The molecule has 0 aliphatic carbocycles. The van der Waals surface area contributed by atoms with Gasteiger partial charge < -0.3 is 9.84 Å². The molecule has 0 aromatic rings. The summed E-state index contributed by atoms with van der Waals surface area (Å²) in [5, 5.41) is 8.88. The van der Waals surface area contributed by atoms with E-state index in [1.807, 2.05) is 13.8 Å². The van der Waals surface area contributed by atoms with E-state index in [1.54, 1.807) is 0 Å². The van der Waals surface area contributed by atoms with Crippen LogP contribution in [0.1, 0.15) is 20.3 Å². The maximum atomic E-state index is 8.88. The summed E-state index contributed by atoms with van der Waals surface area (Å²) in [7, 11) is 5.60. The first kappa shape index (κ1) is 8.09. The van der Waals surface area contributed by atoms with Gasteiger partial charge in [-0.3, -0.25) is 0 Å². The third-order valence-corrected chi connectivity index (χ3v) is 2.07. The largest absolute Gasteiger partial charge is 0.393 e. The normalized spacial score (nSPS) is 47.9. The third kappa shape index (κ3) is 1.35. The summed E-state index contributed by atoms with van der Waals surface area (Å²) in [5.74, 6) is 0.358. The van der Waals surface area contributed by atoms with Crippen LogP contribution in [0.5, 0.6) is 0 Å². The first-order chi connectivity index (χ1) is 4.57. The zero-order valence-corrected chi connectivity index (χ0v) is 6.50. The summed E-state index contributed by atoms with van der Waals surface area (Å²) in [6.07, 6.45) is 0.852. The molecule has 2 nitrogen and oxygen atoms in total. The Morgan fingerprint density at radius 2 is 2.40 bits per heavy atom. The predicted molar refractivity (Wildman–Crippen MR) is 39.9 cm³/mol. The summed E-state index contributed by atoms with van der Waals surface area (Å²) in [5.41, 5.74) is -0.390. The second-order valence-electron chi connectivity index (χ2n) is 3.37. The Bertz CT molecular complexity index is 117. The van der Waals surface area contributed by atoms with Crippen LogP contribution in [-0.2, 0) is 4.74 Å². The summed E-state index contributed by atoms with van der Waals surface area (Å²) < 4.78 is 5.34. The molecule has 0 bridgehead atoms.